The number of rotatable bonds is 4. The first kappa shape index (κ1) is 9.96. The molecule has 0 aromatic carbocycles. The predicted octanol–water partition coefficient (Wildman–Crippen LogP) is 0.0190. The van der Waals surface area contributed by atoms with Crippen molar-refractivity contribution in [3.8, 4) is 0 Å². The molecule has 1 fully saturated rings. The molecule has 3 heteroatoms. The van der Waals surface area contributed by atoms with E-state index in [2.05, 4.69) is 17.3 Å². The van der Waals surface area contributed by atoms with Crippen molar-refractivity contribution in [1.82, 2.24) is 10.2 Å². The number of hydrogen-bond acceptors (Lipinski definition) is 3. The van der Waals surface area contributed by atoms with Gasteiger partial charge in [0.15, 0.2) is 0 Å². The molecule has 0 saturated carbocycles. The van der Waals surface area contributed by atoms with Crippen LogP contribution in [0, 0.1) is 0 Å². The number of nitrogens with zero attached hydrogens (tertiary/aromatic N) is 1. The Morgan fingerprint density at radius 3 is 3.00 bits per heavy atom. The Bertz CT molecular complexity index is 116. The highest BCUT2D eigenvalue weighted by Crippen LogP contribution is 2.04. The molecule has 1 rings (SSSR count). The molecule has 0 aromatic heterocycles. The van der Waals surface area contributed by atoms with E-state index in [1.165, 1.54) is 32.4 Å². The number of nitrogens with two attached hydrogens (primary N) is 1. The minimum absolute atomic E-state index is 0.704. The summed E-state index contributed by atoms with van der Waals surface area (Å²) < 4.78 is 0. The average molecular weight is 171 g/mol. The monoisotopic (exact) mass is 171 g/mol. The van der Waals surface area contributed by atoms with E-state index >= 15 is 0 Å². The molecule has 0 bridgehead atoms. The molecule has 1 aliphatic heterocycles. The fourth-order valence-electron chi connectivity index (χ4n) is 1.72. The molecule has 1 heterocycles. The number of hydrogen-bond donors (Lipinski definition) is 2. The summed E-state index contributed by atoms with van der Waals surface area (Å²) in [5.74, 6) is 0. The van der Waals surface area contributed by atoms with Gasteiger partial charge in [0.05, 0.1) is 0 Å². The third kappa shape index (κ3) is 3.52. The lowest BCUT2D eigenvalue weighted by Crippen LogP contribution is -2.48. The maximum atomic E-state index is 5.44. The molecule has 72 valence electrons. The fourth-order valence-corrected chi connectivity index (χ4v) is 1.72. The van der Waals surface area contributed by atoms with Crippen molar-refractivity contribution in [1.29, 1.82) is 0 Å². The second-order valence-corrected chi connectivity index (χ2v) is 3.70. The Hall–Kier alpha value is -0.120. The van der Waals surface area contributed by atoms with E-state index in [0.717, 1.165) is 13.1 Å². The first-order valence-electron chi connectivity index (χ1n) is 4.95. The predicted molar refractivity (Wildman–Crippen MR) is 52.2 cm³/mol. The van der Waals surface area contributed by atoms with E-state index in [1.54, 1.807) is 0 Å². The van der Waals surface area contributed by atoms with Gasteiger partial charge in [0.1, 0.15) is 0 Å². The molecule has 0 aliphatic carbocycles. The summed E-state index contributed by atoms with van der Waals surface area (Å²) in [5.41, 5.74) is 5.44. The Labute approximate surface area is 75.3 Å². The fraction of sp³-hybridized carbons (Fsp3) is 1.00. The summed E-state index contributed by atoms with van der Waals surface area (Å²) >= 11 is 0. The molecular formula is C9H21N3. The second kappa shape index (κ2) is 5.51. The Morgan fingerprint density at radius 2 is 2.33 bits per heavy atom. The largest absolute Gasteiger partial charge is 0.330 e. The van der Waals surface area contributed by atoms with E-state index in [9.17, 15) is 0 Å². The molecule has 0 amide bonds. The van der Waals surface area contributed by atoms with E-state index in [1.807, 2.05) is 0 Å². The quantitative estimate of drug-likeness (QED) is 0.586. The topological polar surface area (TPSA) is 41.3 Å². The maximum Gasteiger partial charge on any atom is 0.0195 e. The Balaban J connectivity index is 2.06. The molecule has 3 nitrogen and oxygen atoms in total. The summed E-state index contributed by atoms with van der Waals surface area (Å²) in [4.78, 5) is 2.39. The third-order valence-corrected chi connectivity index (χ3v) is 2.47. The van der Waals surface area contributed by atoms with Gasteiger partial charge < -0.3 is 16.0 Å². The van der Waals surface area contributed by atoms with Crippen molar-refractivity contribution < 1.29 is 0 Å². The molecular weight excluding hydrogens is 150 g/mol. The van der Waals surface area contributed by atoms with Gasteiger partial charge >= 0.3 is 0 Å². The van der Waals surface area contributed by atoms with Crippen LogP contribution in [0.2, 0.25) is 0 Å². The van der Waals surface area contributed by atoms with Gasteiger partial charge in [-0.2, -0.15) is 0 Å². The van der Waals surface area contributed by atoms with Gasteiger partial charge in [-0.15, -0.1) is 0 Å². The number of likely N-dealkylation sites (N-methyl/N-ethyl adjacent to an activating group) is 1. The Kier molecular flexibility index (Phi) is 4.58. The maximum absolute atomic E-state index is 5.44. The SMILES string of the molecule is CN1CCN[C@@H](CCCCN)C1. The van der Waals surface area contributed by atoms with Gasteiger partial charge in [-0.25, -0.2) is 0 Å². The normalized spacial score (nSPS) is 26.0. The zero-order valence-corrected chi connectivity index (χ0v) is 8.05. The van der Waals surface area contributed by atoms with Gasteiger partial charge in [-0.1, -0.05) is 6.42 Å². The molecule has 0 aromatic rings. The highest BCUT2D eigenvalue weighted by atomic mass is 15.2. The number of unbranched alkanes of at least 4 members (excludes halogenated alkanes) is 1. The first-order valence-corrected chi connectivity index (χ1v) is 4.95. The van der Waals surface area contributed by atoms with Crippen LogP contribution in [0.15, 0.2) is 0 Å². The molecule has 0 radical (unpaired) electrons. The Morgan fingerprint density at radius 1 is 1.50 bits per heavy atom. The lowest BCUT2D eigenvalue weighted by Gasteiger charge is -2.30. The van der Waals surface area contributed by atoms with Crippen molar-refractivity contribution in [3.05, 3.63) is 0 Å². The van der Waals surface area contributed by atoms with Gasteiger partial charge in [-0.05, 0) is 26.4 Å². The van der Waals surface area contributed by atoms with Crippen LogP contribution >= 0.6 is 0 Å². The van der Waals surface area contributed by atoms with E-state index < -0.39 is 0 Å². The number of piperazine rings is 1. The van der Waals surface area contributed by atoms with Gasteiger partial charge in [-0.3, -0.25) is 0 Å². The third-order valence-electron chi connectivity index (χ3n) is 2.47. The van der Waals surface area contributed by atoms with Gasteiger partial charge in [0, 0.05) is 25.7 Å². The summed E-state index contributed by atoms with van der Waals surface area (Å²) in [5, 5.41) is 3.53. The average Bonchev–Trinajstić information content (AvgIpc) is 2.05. The van der Waals surface area contributed by atoms with E-state index in [-0.39, 0.29) is 0 Å². The summed E-state index contributed by atoms with van der Waals surface area (Å²) in [6, 6.07) is 0.704. The molecule has 1 aliphatic rings. The van der Waals surface area contributed by atoms with Crippen LogP contribution in [-0.2, 0) is 0 Å². The summed E-state index contributed by atoms with van der Waals surface area (Å²) in [7, 11) is 2.19. The minimum Gasteiger partial charge on any atom is -0.330 e. The van der Waals surface area contributed by atoms with Crippen LogP contribution in [0.5, 0.6) is 0 Å². The minimum atomic E-state index is 0.704. The lowest BCUT2D eigenvalue weighted by atomic mass is 10.1. The highest BCUT2D eigenvalue weighted by Gasteiger charge is 2.14. The zero-order valence-electron chi connectivity index (χ0n) is 8.05. The summed E-state index contributed by atoms with van der Waals surface area (Å²) in [6.07, 6.45) is 3.71. The first-order chi connectivity index (χ1) is 5.83. The smallest absolute Gasteiger partial charge is 0.0195 e. The van der Waals surface area contributed by atoms with Crippen molar-refractivity contribution >= 4 is 0 Å². The zero-order chi connectivity index (χ0) is 8.81. The highest BCUT2D eigenvalue weighted by molar-refractivity contribution is 4.76. The van der Waals surface area contributed by atoms with Crippen molar-refractivity contribution in [2.24, 2.45) is 5.73 Å². The van der Waals surface area contributed by atoms with Crippen LogP contribution in [-0.4, -0.2) is 44.2 Å². The van der Waals surface area contributed by atoms with E-state index in [0.29, 0.717) is 6.04 Å². The van der Waals surface area contributed by atoms with Crippen molar-refractivity contribution in [3.63, 3.8) is 0 Å². The summed E-state index contributed by atoms with van der Waals surface area (Å²) in [6.45, 7) is 4.37. The van der Waals surface area contributed by atoms with Gasteiger partial charge in [0.25, 0.3) is 0 Å². The van der Waals surface area contributed by atoms with Crippen LogP contribution in [0.25, 0.3) is 0 Å². The molecule has 3 N–H and O–H groups in total. The molecule has 0 spiro atoms. The van der Waals surface area contributed by atoms with Crippen molar-refractivity contribution in [2.75, 3.05) is 33.2 Å². The second-order valence-electron chi connectivity index (χ2n) is 3.70. The van der Waals surface area contributed by atoms with Crippen LogP contribution in [0.4, 0.5) is 0 Å². The van der Waals surface area contributed by atoms with Crippen LogP contribution in [0.1, 0.15) is 19.3 Å². The molecule has 12 heavy (non-hydrogen) atoms. The van der Waals surface area contributed by atoms with E-state index in [4.69, 9.17) is 5.73 Å². The number of nitrogens with one attached hydrogen (secondary N) is 1. The lowest BCUT2D eigenvalue weighted by molar-refractivity contribution is 0.229. The van der Waals surface area contributed by atoms with Gasteiger partial charge in [0.2, 0.25) is 0 Å². The standard InChI is InChI=1S/C9H21N3/c1-12-7-6-11-9(8-12)4-2-3-5-10/h9,11H,2-8,10H2,1H3/t9-/m0/s1. The molecule has 1 saturated heterocycles. The van der Waals surface area contributed by atoms with Crippen molar-refractivity contribution in [2.45, 2.75) is 25.3 Å². The van der Waals surface area contributed by atoms with Crippen LogP contribution < -0.4 is 11.1 Å². The molecule has 0 unspecified atom stereocenters. The van der Waals surface area contributed by atoms with Crippen LogP contribution in [0.3, 0.4) is 0 Å². The molecule has 1 atom stereocenters.